The number of nitrogens with two attached hydrogens (primary N) is 5. The second kappa shape index (κ2) is 13.4. The topological polar surface area (TPSA) is 237 Å². The predicted molar refractivity (Wildman–Crippen MR) is 173 cm³/mol. The lowest BCUT2D eigenvalue weighted by Crippen LogP contribution is -2.93. The maximum atomic E-state index is 13.2. The molecule has 0 aromatic rings. The maximum Gasteiger partial charge on any atom is 0.237 e. The first-order valence-electron chi connectivity index (χ1n) is 14.9. The van der Waals surface area contributed by atoms with Crippen LogP contribution in [0.1, 0.15) is 102 Å². The van der Waals surface area contributed by atoms with Crippen molar-refractivity contribution in [2.45, 2.75) is 147 Å². The number of guanidine groups is 1. The number of hydrogen-bond acceptors (Lipinski definition) is 8. The van der Waals surface area contributed by atoms with Gasteiger partial charge in [-0.15, -0.1) is 0 Å². The van der Waals surface area contributed by atoms with Crippen LogP contribution in [-0.2, 0) is 9.59 Å². The predicted octanol–water partition coefficient (Wildman–Crippen LogP) is -0.0911. The molecule has 42 heavy (non-hydrogen) atoms. The van der Waals surface area contributed by atoms with E-state index in [-0.39, 0.29) is 17.8 Å². The summed E-state index contributed by atoms with van der Waals surface area (Å²) in [4.78, 5) is 34.6. The first kappa shape index (κ1) is 37.5. The molecule has 0 radical (unpaired) electrons. The molecule has 0 aromatic heterocycles. The average Bonchev–Trinajstić information content (AvgIpc) is 2.81. The molecule has 1 fully saturated rings. The van der Waals surface area contributed by atoms with E-state index in [1.165, 1.54) is 0 Å². The Hall–Kier alpha value is -2.48. The van der Waals surface area contributed by atoms with E-state index in [4.69, 9.17) is 28.7 Å². The molecule has 0 spiro atoms. The van der Waals surface area contributed by atoms with E-state index in [0.717, 1.165) is 0 Å². The standard InChI is InChI=1S/C29H61N11O2/c1-18(30)35-16-12-14-19(31)21(41)37-24(2,3)28(10)26(6,7)40-29(11,27(8,9)39-28)25(4,5)38-22(42)20(32)15-13-17-36-23(33)34/h19-20,39-40H,12-17,31-32H2,1-11H3,(H2,30,35)(H,37,41)(H,38,42)(H4,33,34,36)/t19-,20-,28-,29-/m0/s1. The lowest BCUT2D eigenvalue weighted by molar-refractivity contribution is -0.132. The smallest absolute Gasteiger partial charge is 0.237 e. The van der Waals surface area contributed by atoms with E-state index in [1.54, 1.807) is 6.92 Å². The zero-order chi connectivity index (χ0) is 32.9. The number of carbonyl (C=O) groups is 2. The van der Waals surface area contributed by atoms with Crippen LogP contribution >= 0.6 is 0 Å². The van der Waals surface area contributed by atoms with Gasteiger partial charge in [0.1, 0.15) is 0 Å². The summed E-state index contributed by atoms with van der Waals surface area (Å²) in [5.74, 6) is 0.0623. The van der Waals surface area contributed by atoms with Gasteiger partial charge in [-0.05, 0) is 102 Å². The molecule has 1 heterocycles. The SMILES string of the molecule is CC(N)=NCCC[C@H](N)C(=O)NC(C)(C)[C@]1(C)NC(C)(C)[C@](C)(C(C)(C)NC(=O)[C@@H](N)CCCN=C(N)N)NC1(C)C. The lowest BCUT2D eigenvalue weighted by atomic mass is 9.57. The van der Waals surface area contributed by atoms with Gasteiger partial charge < -0.3 is 49.9 Å². The van der Waals surface area contributed by atoms with Crippen molar-refractivity contribution in [2.24, 2.45) is 38.7 Å². The zero-order valence-electron chi connectivity index (χ0n) is 28.0. The number of rotatable bonds is 14. The maximum absolute atomic E-state index is 13.2. The van der Waals surface area contributed by atoms with Crippen molar-refractivity contribution in [3.63, 3.8) is 0 Å². The van der Waals surface area contributed by atoms with Crippen molar-refractivity contribution in [1.29, 1.82) is 0 Å². The van der Waals surface area contributed by atoms with Crippen LogP contribution in [0, 0.1) is 0 Å². The molecule has 1 saturated heterocycles. The minimum atomic E-state index is -0.739. The van der Waals surface area contributed by atoms with E-state index in [0.29, 0.717) is 44.6 Å². The van der Waals surface area contributed by atoms with Crippen LogP contribution in [0.15, 0.2) is 9.98 Å². The molecule has 0 unspecified atom stereocenters. The summed E-state index contributed by atoms with van der Waals surface area (Å²) >= 11 is 0. The molecule has 0 aliphatic carbocycles. The summed E-state index contributed by atoms with van der Waals surface area (Å²) in [6.45, 7) is 23.3. The van der Waals surface area contributed by atoms with Gasteiger partial charge in [0, 0.05) is 24.2 Å². The van der Waals surface area contributed by atoms with Crippen LogP contribution in [0.4, 0.5) is 0 Å². The molecule has 4 atom stereocenters. The molecule has 1 rings (SSSR count). The molecule has 0 bridgehead atoms. The van der Waals surface area contributed by atoms with Crippen molar-refractivity contribution in [1.82, 2.24) is 21.3 Å². The Morgan fingerprint density at radius 1 is 0.714 bits per heavy atom. The average molecular weight is 596 g/mol. The summed E-state index contributed by atoms with van der Waals surface area (Å²) < 4.78 is 0. The number of amides is 2. The minimum Gasteiger partial charge on any atom is -0.388 e. The fraction of sp³-hybridized carbons (Fsp3) is 0.862. The molecular formula is C29H61N11O2. The number of hydrogen-bond donors (Lipinski definition) is 9. The van der Waals surface area contributed by atoms with Crippen molar-refractivity contribution >= 4 is 23.6 Å². The molecule has 14 N–H and O–H groups in total. The van der Waals surface area contributed by atoms with Gasteiger partial charge in [-0.3, -0.25) is 19.6 Å². The molecule has 1 aliphatic rings. The van der Waals surface area contributed by atoms with E-state index in [9.17, 15) is 9.59 Å². The van der Waals surface area contributed by atoms with Gasteiger partial charge in [-0.2, -0.15) is 0 Å². The first-order valence-corrected chi connectivity index (χ1v) is 14.9. The number of amidine groups is 1. The lowest BCUT2D eigenvalue weighted by Gasteiger charge is -2.70. The van der Waals surface area contributed by atoms with Crippen molar-refractivity contribution < 1.29 is 9.59 Å². The summed E-state index contributed by atoms with van der Waals surface area (Å²) in [6, 6.07) is -1.37. The number of nitrogens with zero attached hydrogens (tertiary/aromatic N) is 2. The highest BCUT2D eigenvalue weighted by Crippen LogP contribution is 2.46. The van der Waals surface area contributed by atoms with Gasteiger partial charge in [0.2, 0.25) is 11.8 Å². The second-order valence-electron chi connectivity index (χ2n) is 14.3. The molecule has 2 amide bonds. The third-order valence-corrected chi connectivity index (χ3v) is 9.67. The summed E-state index contributed by atoms with van der Waals surface area (Å²) in [7, 11) is 0. The molecular weight excluding hydrogens is 534 g/mol. The molecule has 0 aromatic carbocycles. The minimum absolute atomic E-state index is 0.0176. The number of aliphatic imine (C=N–C) groups is 2. The van der Waals surface area contributed by atoms with Crippen molar-refractivity contribution in [2.75, 3.05) is 13.1 Å². The number of carbonyl (C=O) groups excluding carboxylic acids is 2. The van der Waals surface area contributed by atoms with Crippen LogP contribution in [-0.4, -0.2) is 82.0 Å². The zero-order valence-corrected chi connectivity index (χ0v) is 28.0. The van der Waals surface area contributed by atoms with Gasteiger partial charge in [-0.25, -0.2) is 0 Å². The van der Waals surface area contributed by atoms with E-state index in [1.807, 2.05) is 27.7 Å². The molecule has 13 heteroatoms. The summed E-state index contributed by atoms with van der Waals surface area (Å²) in [5.41, 5.74) is 24.9. The van der Waals surface area contributed by atoms with Gasteiger partial charge in [-0.1, -0.05) is 0 Å². The molecule has 1 aliphatic heterocycles. The Kier molecular flexibility index (Phi) is 12.0. The molecule has 0 saturated carbocycles. The van der Waals surface area contributed by atoms with Gasteiger partial charge in [0.05, 0.1) is 40.1 Å². The van der Waals surface area contributed by atoms with E-state index in [2.05, 4.69) is 72.8 Å². The molecule has 13 nitrogen and oxygen atoms in total. The summed E-state index contributed by atoms with van der Waals surface area (Å²) in [5, 5.41) is 14.2. The van der Waals surface area contributed by atoms with E-state index < -0.39 is 45.3 Å². The highest BCUT2D eigenvalue weighted by atomic mass is 16.2. The number of nitrogens with one attached hydrogen (secondary N) is 4. The highest BCUT2D eigenvalue weighted by Gasteiger charge is 2.66. The fourth-order valence-electron chi connectivity index (χ4n) is 6.09. The monoisotopic (exact) mass is 596 g/mol. The first-order chi connectivity index (χ1) is 18.9. The third-order valence-electron chi connectivity index (χ3n) is 9.67. The summed E-state index contributed by atoms with van der Waals surface area (Å²) in [6.07, 6.45) is 2.20. The Morgan fingerprint density at radius 3 is 1.36 bits per heavy atom. The largest absolute Gasteiger partial charge is 0.388 e. The van der Waals surface area contributed by atoms with Crippen molar-refractivity contribution in [3.05, 3.63) is 0 Å². The Morgan fingerprint density at radius 2 is 1.05 bits per heavy atom. The fourth-order valence-corrected chi connectivity index (χ4v) is 6.09. The third kappa shape index (κ3) is 8.33. The van der Waals surface area contributed by atoms with Crippen LogP contribution in [0.3, 0.4) is 0 Å². The van der Waals surface area contributed by atoms with Gasteiger partial charge in [0.25, 0.3) is 0 Å². The molecule has 244 valence electrons. The van der Waals surface area contributed by atoms with Gasteiger partial charge >= 0.3 is 0 Å². The number of piperazine rings is 1. The van der Waals surface area contributed by atoms with Crippen LogP contribution in [0.5, 0.6) is 0 Å². The van der Waals surface area contributed by atoms with E-state index >= 15 is 0 Å². The Bertz CT molecular complexity index is 933. The van der Waals surface area contributed by atoms with Crippen LogP contribution < -0.4 is 49.9 Å². The second-order valence-corrected chi connectivity index (χ2v) is 14.3. The van der Waals surface area contributed by atoms with Crippen LogP contribution in [0.25, 0.3) is 0 Å². The quantitative estimate of drug-likeness (QED) is 0.0739. The van der Waals surface area contributed by atoms with Gasteiger partial charge in [0.15, 0.2) is 5.96 Å². The van der Waals surface area contributed by atoms with Crippen molar-refractivity contribution in [3.8, 4) is 0 Å². The normalized spacial score (nSPS) is 25.7. The Balaban J connectivity index is 3.14. The van der Waals surface area contributed by atoms with Crippen LogP contribution in [0.2, 0.25) is 0 Å². The Labute approximate surface area is 253 Å². The highest BCUT2D eigenvalue weighted by molar-refractivity contribution is 5.83.